The molecule has 2 aromatic carbocycles. The van der Waals surface area contributed by atoms with Crippen molar-refractivity contribution in [1.82, 2.24) is 25.5 Å². The minimum atomic E-state index is -1.34. The van der Waals surface area contributed by atoms with E-state index in [4.69, 9.17) is 33.0 Å². The van der Waals surface area contributed by atoms with Gasteiger partial charge in [0.2, 0.25) is 5.16 Å². The Morgan fingerprint density at radius 3 is 2.61 bits per heavy atom. The number of halogens is 2. The fraction of sp³-hybridized carbons (Fsp3) is 0.200. The van der Waals surface area contributed by atoms with Crippen LogP contribution in [-0.4, -0.2) is 49.2 Å². The molecule has 172 valence electrons. The van der Waals surface area contributed by atoms with Crippen LogP contribution in [0.3, 0.4) is 0 Å². The fourth-order valence-electron chi connectivity index (χ4n) is 2.61. The molecule has 1 atom stereocenters. The lowest BCUT2D eigenvalue weighted by atomic mass is 10.1. The van der Waals surface area contributed by atoms with Crippen molar-refractivity contribution in [3.8, 4) is 0 Å². The van der Waals surface area contributed by atoms with Crippen LogP contribution in [0.4, 0.5) is 4.79 Å². The highest BCUT2D eigenvalue weighted by Crippen LogP contribution is 2.33. The van der Waals surface area contributed by atoms with Gasteiger partial charge in [-0.25, -0.2) is 9.48 Å². The van der Waals surface area contributed by atoms with Gasteiger partial charge in [-0.3, -0.25) is 9.59 Å². The van der Waals surface area contributed by atoms with Crippen molar-refractivity contribution < 1.29 is 24.2 Å². The largest absolute Gasteiger partial charge is 0.481 e. The summed E-state index contributed by atoms with van der Waals surface area (Å²) in [6.45, 7) is -0.409. The molecule has 1 heterocycles. The molecule has 0 saturated heterocycles. The third-order valence-corrected chi connectivity index (χ3v) is 5.88. The molecule has 0 fully saturated rings. The number of ether oxygens (including phenoxy) is 1. The number of carboxylic acids is 1. The molecule has 13 heteroatoms. The predicted molar refractivity (Wildman–Crippen MR) is 119 cm³/mol. The van der Waals surface area contributed by atoms with Crippen molar-refractivity contribution in [2.45, 2.75) is 35.7 Å². The average Bonchev–Trinajstić information content (AvgIpc) is 3.20. The van der Waals surface area contributed by atoms with Gasteiger partial charge < -0.3 is 15.2 Å². The second kappa shape index (κ2) is 11.6. The molecular weight excluding hydrogens is 493 g/mol. The van der Waals surface area contributed by atoms with E-state index in [2.05, 4.69) is 20.8 Å². The molecule has 33 heavy (non-hydrogen) atoms. The van der Waals surface area contributed by atoms with E-state index < -0.39 is 30.3 Å². The Morgan fingerprint density at radius 1 is 1.15 bits per heavy atom. The molecule has 1 unspecified atom stereocenters. The van der Waals surface area contributed by atoms with E-state index in [1.165, 1.54) is 4.68 Å². The number of ketones is 1. The zero-order valence-electron chi connectivity index (χ0n) is 16.9. The number of tetrazole rings is 1. The lowest BCUT2D eigenvalue weighted by Crippen LogP contribution is -2.44. The number of Topliss-reactive ketones (excluding diaryl/α,β-unsaturated/α-hetero) is 1. The summed E-state index contributed by atoms with van der Waals surface area (Å²) in [5.74, 6) is -1.89. The van der Waals surface area contributed by atoms with Crippen LogP contribution in [0.1, 0.15) is 12.0 Å². The van der Waals surface area contributed by atoms with Gasteiger partial charge in [-0.2, -0.15) is 0 Å². The molecule has 10 nitrogen and oxygen atoms in total. The molecule has 0 radical (unpaired) electrons. The molecule has 1 amide bonds. The number of nitrogens with zero attached hydrogens (tertiary/aromatic N) is 4. The summed E-state index contributed by atoms with van der Waals surface area (Å²) >= 11 is 13.2. The van der Waals surface area contributed by atoms with Gasteiger partial charge in [-0.15, -0.1) is 5.10 Å². The van der Waals surface area contributed by atoms with Crippen LogP contribution in [0.15, 0.2) is 58.6 Å². The van der Waals surface area contributed by atoms with Crippen LogP contribution in [0.2, 0.25) is 10.0 Å². The van der Waals surface area contributed by atoms with Gasteiger partial charge in [0.05, 0.1) is 11.4 Å². The summed E-state index contributed by atoms with van der Waals surface area (Å²) in [7, 11) is 0. The molecule has 3 aromatic rings. The average molecular weight is 510 g/mol. The Kier molecular flexibility index (Phi) is 8.64. The monoisotopic (exact) mass is 509 g/mol. The molecule has 0 aliphatic rings. The van der Waals surface area contributed by atoms with E-state index >= 15 is 0 Å². The molecule has 0 bridgehead atoms. The number of nitrogens with one attached hydrogen (secondary N) is 1. The molecule has 1 aromatic heterocycles. The number of rotatable bonds is 10. The first-order valence-corrected chi connectivity index (χ1v) is 11.0. The van der Waals surface area contributed by atoms with Gasteiger partial charge in [-0.1, -0.05) is 53.5 Å². The van der Waals surface area contributed by atoms with Crippen LogP contribution in [0.5, 0.6) is 0 Å². The smallest absolute Gasteiger partial charge is 0.408 e. The number of carboxylic acid groups (broad SMARTS) is 1. The van der Waals surface area contributed by atoms with E-state index in [1.807, 2.05) is 6.07 Å². The summed E-state index contributed by atoms with van der Waals surface area (Å²) in [4.78, 5) is 36.7. The predicted octanol–water partition coefficient (Wildman–Crippen LogP) is 3.47. The summed E-state index contributed by atoms with van der Waals surface area (Å²) < 4.78 is 6.26. The molecule has 3 rings (SSSR count). The maximum atomic E-state index is 12.8. The second-order valence-electron chi connectivity index (χ2n) is 6.62. The normalized spacial score (nSPS) is 11.6. The maximum absolute atomic E-state index is 12.8. The van der Waals surface area contributed by atoms with Crippen LogP contribution >= 0.6 is 35.0 Å². The van der Waals surface area contributed by atoms with Gasteiger partial charge in [0.15, 0.2) is 5.78 Å². The summed E-state index contributed by atoms with van der Waals surface area (Å²) in [6.07, 6.45) is -1.55. The van der Waals surface area contributed by atoms with E-state index in [9.17, 15) is 14.4 Å². The number of aliphatic carboxylic acids is 1. The molecule has 0 aliphatic heterocycles. The van der Waals surface area contributed by atoms with E-state index in [0.29, 0.717) is 14.9 Å². The Balaban J connectivity index is 1.64. The lowest BCUT2D eigenvalue weighted by molar-refractivity contribution is -0.139. The van der Waals surface area contributed by atoms with Gasteiger partial charge in [0.25, 0.3) is 0 Å². The third kappa shape index (κ3) is 7.45. The molecule has 0 spiro atoms. The molecule has 0 saturated carbocycles. The van der Waals surface area contributed by atoms with Crippen molar-refractivity contribution in [2.75, 3.05) is 0 Å². The van der Waals surface area contributed by atoms with Crippen molar-refractivity contribution in [1.29, 1.82) is 0 Å². The first kappa shape index (κ1) is 24.5. The maximum Gasteiger partial charge on any atom is 0.408 e. The minimum absolute atomic E-state index is 0.0315. The summed E-state index contributed by atoms with van der Waals surface area (Å²) in [5, 5.41) is 23.7. The van der Waals surface area contributed by atoms with E-state index in [1.54, 1.807) is 42.5 Å². The third-order valence-electron chi connectivity index (χ3n) is 4.17. The van der Waals surface area contributed by atoms with Crippen molar-refractivity contribution >= 4 is 52.8 Å². The van der Waals surface area contributed by atoms with E-state index in [-0.39, 0.29) is 18.3 Å². The quantitative estimate of drug-likeness (QED) is 0.420. The number of amides is 1. The van der Waals surface area contributed by atoms with Gasteiger partial charge in [-0.05, 0) is 46.0 Å². The van der Waals surface area contributed by atoms with Gasteiger partial charge >= 0.3 is 12.1 Å². The van der Waals surface area contributed by atoms with Crippen LogP contribution < -0.4 is 5.32 Å². The van der Waals surface area contributed by atoms with Crippen LogP contribution in [0.25, 0.3) is 0 Å². The lowest BCUT2D eigenvalue weighted by Gasteiger charge is -2.16. The van der Waals surface area contributed by atoms with Crippen molar-refractivity contribution in [3.63, 3.8) is 0 Å². The van der Waals surface area contributed by atoms with Crippen LogP contribution in [-0.2, 0) is 27.5 Å². The molecular formula is C20H17Cl2N5O5S. The zero-order chi connectivity index (χ0) is 23.8. The summed E-state index contributed by atoms with van der Waals surface area (Å²) in [5.41, 5.74) is 0.741. The standard InChI is InChI=1S/C20H17Cl2N5O5S/c21-13-6-7-17(14(22)8-13)33-19-24-25-26-27(19)10-16(28)15(9-18(29)30)23-20(31)32-11-12-4-2-1-3-5-12/h1-8,15H,9-11H2,(H,23,31)(H,29,30). The number of carbonyl (C=O) groups excluding carboxylic acids is 2. The van der Waals surface area contributed by atoms with Gasteiger partial charge in [0.1, 0.15) is 19.2 Å². The van der Waals surface area contributed by atoms with Crippen molar-refractivity contribution in [2.24, 2.45) is 0 Å². The SMILES string of the molecule is O=C(O)CC(NC(=O)OCc1ccccc1)C(=O)Cn1nnnc1Sc1ccc(Cl)cc1Cl. The first-order valence-electron chi connectivity index (χ1n) is 9.42. The first-order chi connectivity index (χ1) is 15.8. The topological polar surface area (TPSA) is 136 Å². The highest BCUT2D eigenvalue weighted by atomic mass is 35.5. The highest BCUT2D eigenvalue weighted by Gasteiger charge is 2.26. The number of benzene rings is 2. The number of hydrogen-bond donors (Lipinski definition) is 2. The fourth-order valence-corrected chi connectivity index (χ4v) is 3.91. The Hall–Kier alpha value is -3.15. The minimum Gasteiger partial charge on any atom is -0.481 e. The second-order valence-corrected chi connectivity index (χ2v) is 8.47. The van der Waals surface area contributed by atoms with E-state index in [0.717, 1.165) is 17.3 Å². The number of aromatic nitrogens is 4. The Bertz CT molecular complexity index is 1140. The Morgan fingerprint density at radius 2 is 1.91 bits per heavy atom. The number of alkyl carbamates (subject to hydrolysis) is 1. The molecule has 0 aliphatic carbocycles. The highest BCUT2D eigenvalue weighted by molar-refractivity contribution is 7.99. The van der Waals surface area contributed by atoms with Crippen molar-refractivity contribution in [3.05, 3.63) is 64.1 Å². The summed E-state index contributed by atoms with van der Waals surface area (Å²) in [6, 6.07) is 12.4. The number of hydrogen-bond acceptors (Lipinski definition) is 8. The van der Waals surface area contributed by atoms with Gasteiger partial charge in [0, 0.05) is 9.92 Å². The van der Waals surface area contributed by atoms with Crippen LogP contribution in [0, 0.1) is 0 Å². The molecule has 2 N–H and O–H groups in total. The number of carbonyl (C=O) groups is 3. The zero-order valence-corrected chi connectivity index (χ0v) is 19.2. The Labute approximate surface area is 202 Å².